The SMILES string of the molecule is O=C(NC1CCCCC1)c1cc(F)ccc1[N+](=O)[O-]. The Morgan fingerprint density at radius 1 is 1.32 bits per heavy atom. The first-order valence-corrected chi connectivity index (χ1v) is 6.33. The summed E-state index contributed by atoms with van der Waals surface area (Å²) in [4.78, 5) is 22.2. The predicted molar refractivity (Wildman–Crippen MR) is 67.4 cm³/mol. The zero-order chi connectivity index (χ0) is 13.8. The number of carbonyl (C=O) groups is 1. The van der Waals surface area contributed by atoms with Crippen LogP contribution in [0.1, 0.15) is 42.5 Å². The van der Waals surface area contributed by atoms with Gasteiger partial charge >= 0.3 is 0 Å². The highest BCUT2D eigenvalue weighted by Gasteiger charge is 2.23. The van der Waals surface area contributed by atoms with Crippen LogP contribution in [0.2, 0.25) is 0 Å². The van der Waals surface area contributed by atoms with Crippen LogP contribution in [-0.2, 0) is 0 Å². The lowest BCUT2D eigenvalue weighted by Crippen LogP contribution is -2.36. The largest absolute Gasteiger partial charge is 0.349 e. The van der Waals surface area contributed by atoms with Gasteiger partial charge in [0.2, 0.25) is 0 Å². The maximum Gasteiger partial charge on any atom is 0.282 e. The second-order valence-electron chi connectivity index (χ2n) is 4.73. The van der Waals surface area contributed by atoms with E-state index in [4.69, 9.17) is 0 Å². The first kappa shape index (κ1) is 13.5. The molecule has 1 aliphatic carbocycles. The van der Waals surface area contributed by atoms with Crippen LogP contribution in [0.4, 0.5) is 10.1 Å². The van der Waals surface area contributed by atoms with E-state index in [9.17, 15) is 19.3 Å². The van der Waals surface area contributed by atoms with Gasteiger partial charge in [-0.15, -0.1) is 0 Å². The Balaban J connectivity index is 2.17. The molecule has 0 saturated heterocycles. The molecule has 6 heteroatoms. The summed E-state index contributed by atoms with van der Waals surface area (Å²) in [5, 5.41) is 13.6. The Morgan fingerprint density at radius 3 is 2.63 bits per heavy atom. The lowest BCUT2D eigenvalue weighted by atomic mass is 9.95. The monoisotopic (exact) mass is 266 g/mol. The average Bonchev–Trinajstić information content (AvgIpc) is 2.39. The van der Waals surface area contributed by atoms with E-state index in [1.807, 2.05) is 0 Å². The second kappa shape index (κ2) is 5.77. The number of halogens is 1. The summed E-state index contributed by atoms with van der Waals surface area (Å²) >= 11 is 0. The normalized spacial score (nSPS) is 16.1. The topological polar surface area (TPSA) is 72.2 Å². The van der Waals surface area contributed by atoms with Crippen molar-refractivity contribution in [1.29, 1.82) is 0 Å². The lowest BCUT2D eigenvalue weighted by molar-refractivity contribution is -0.385. The number of nitrogens with zero attached hydrogens (tertiary/aromatic N) is 1. The van der Waals surface area contributed by atoms with Crippen molar-refractivity contribution in [2.24, 2.45) is 0 Å². The van der Waals surface area contributed by atoms with Gasteiger partial charge in [-0.25, -0.2) is 4.39 Å². The van der Waals surface area contributed by atoms with Gasteiger partial charge in [-0.05, 0) is 25.0 Å². The molecule has 1 fully saturated rings. The van der Waals surface area contributed by atoms with E-state index < -0.39 is 16.6 Å². The third kappa shape index (κ3) is 3.27. The van der Waals surface area contributed by atoms with Crippen molar-refractivity contribution in [2.45, 2.75) is 38.1 Å². The van der Waals surface area contributed by atoms with Gasteiger partial charge in [0.25, 0.3) is 11.6 Å². The Morgan fingerprint density at radius 2 is 2.00 bits per heavy atom. The van der Waals surface area contributed by atoms with E-state index in [1.165, 1.54) is 0 Å². The molecule has 0 aliphatic heterocycles. The van der Waals surface area contributed by atoms with Gasteiger partial charge in [-0.1, -0.05) is 19.3 Å². The zero-order valence-corrected chi connectivity index (χ0v) is 10.4. The zero-order valence-electron chi connectivity index (χ0n) is 10.4. The smallest absolute Gasteiger partial charge is 0.282 e. The Kier molecular flexibility index (Phi) is 4.09. The van der Waals surface area contributed by atoms with Crippen LogP contribution in [0.25, 0.3) is 0 Å². The number of nitro benzene ring substituents is 1. The van der Waals surface area contributed by atoms with Crippen molar-refractivity contribution < 1.29 is 14.1 Å². The lowest BCUT2D eigenvalue weighted by Gasteiger charge is -2.22. The third-order valence-electron chi connectivity index (χ3n) is 3.34. The molecule has 1 amide bonds. The summed E-state index contributed by atoms with van der Waals surface area (Å²) < 4.78 is 13.1. The van der Waals surface area contributed by atoms with Gasteiger partial charge in [-0.3, -0.25) is 14.9 Å². The minimum Gasteiger partial charge on any atom is -0.349 e. The molecular weight excluding hydrogens is 251 g/mol. The van der Waals surface area contributed by atoms with Crippen molar-refractivity contribution in [3.05, 3.63) is 39.7 Å². The van der Waals surface area contributed by atoms with Gasteiger partial charge < -0.3 is 5.32 Å². The molecule has 1 N–H and O–H groups in total. The molecule has 0 aromatic heterocycles. The fourth-order valence-electron chi connectivity index (χ4n) is 2.36. The van der Waals surface area contributed by atoms with Crippen LogP contribution in [-0.4, -0.2) is 16.9 Å². The van der Waals surface area contributed by atoms with E-state index in [2.05, 4.69) is 5.32 Å². The fraction of sp³-hybridized carbons (Fsp3) is 0.462. The predicted octanol–water partition coefficient (Wildman–Crippen LogP) is 2.80. The summed E-state index contributed by atoms with van der Waals surface area (Å²) in [6.45, 7) is 0. The number of nitrogens with one attached hydrogen (secondary N) is 1. The van der Waals surface area contributed by atoms with Gasteiger partial charge in [-0.2, -0.15) is 0 Å². The summed E-state index contributed by atoms with van der Waals surface area (Å²) in [6.07, 6.45) is 4.96. The van der Waals surface area contributed by atoms with Crippen molar-refractivity contribution in [3.63, 3.8) is 0 Å². The Labute approximate surface area is 110 Å². The molecule has 1 aromatic rings. The van der Waals surface area contributed by atoms with Crippen molar-refractivity contribution >= 4 is 11.6 Å². The van der Waals surface area contributed by atoms with Crippen LogP contribution in [0.5, 0.6) is 0 Å². The molecule has 5 nitrogen and oxygen atoms in total. The summed E-state index contributed by atoms with van der Waals surface area (Å²) in [5.74, 6) is -1.22. The van der Waals surface area contributed by atoms with Gasteiger partial charge in [0.05, 0.1) is 4.92 Å². The molecule has 1 aliphatic rings. The van der Waals surface area contributed by atoms with Gasteiger partial charge in [0.1, 0.15) is 11.4 Å². The molecule has 1 saturated carbocycles. The molecule has 0 atom stereocenters. The van der Waals surface area contributed by atoms with E-state index in [-0.39, 0.29) is 17.3 Å². The molecule has 0 heterocycles. The highest BCUT2D eigenvalue weighted by Crippen LogP contribution is 2.22. The van der Waals surface area contributed by atoms with Crippen LogP contribution in [0.3, 0.4) is 0 Å². The molecule has 19 heavy (non-hydrogen) atoms. The molecule has 2 rings (SSSR count). The Hall–Kier alpha value is -1.98. The third-order valence-corrected chi connectivity index (χ3v) is 3.34. The van der Waals surface area contributed by atoms with Crippen molar-refractivity contribution in [1.82, 2.24) is 5.32 Å². The van der Waals surface area contributed by atoms with E-state index in [0.29, 0.717) is 0 Å². The number of nitro groups is 1. The quantitative estimate of drug-likeness (QED) is 0.675. The number of benzene rings is 1. The minimum absolute atomic E-state index is 0.0316. The fourth-order valence-corrected chi connectivity index (χ4v) is 2.36. The number of amides is 1. The van der Waals surface area contributed by atoms with Crippen molar-refractivity contribution in [3.8, 4) is 0 Å². The number of carbonyl (C=O) groups excluding carboxylic acids is 1. The molecule has 0 radical (unpaired) electrons. The first-order valence-electron chi connectivity index (χ1n) is 6.33. The first-order chi connectivity index (χ1) is 9.08. The van der Waals surface area contributed by atoms with E-state index >= 15 is 0 Å². The molecule has 0 spiro atoms. The maximum atomic E-state index is 13.1. The maximum absolute atomic E-state index is 13.1. The summed E-state index contributed by atoms with van der Waals surface area (Å²) in [7, 11) is 0. The molecule has 1 aromatic carbocycles. The van der Waals surface area contributed by atoms with E-state index in [1.54, 1.807) is 0 Å². The van der Waals surface area contributed by atoms with E-state index in [0.717, 1.165) is 50.3 Å². The number of hydrogen-bond donors (Lipinski definition) is 1. The van der Waals surface area contributed by atoms with Crippen LogP contribution >= 0.6 is 0 Å². The highest BCUT2D eigenvalue weighted by molar-refractivity contribution is 5.98. The summed E-state index contributed by atoms with van der Waals surface area (Å²) in [5.41, 5.74) is -0.578. The summed E-state index contributed by atoms with van der Waals surface area (Å²) in [6, 6.07) is 2.95. The van der Waals surface area contributed by atoms with Gasteiger partial charge in [0, 0.05) is 12.1 Å². The van der Waals surface area contributed by atoms with Crippen LogP contribution < -0.4 is 5.32 Å². The number of hydrogen-bond acceptors (Lipinski definition) is 3. The van der Waals surface area contributed by atoms with Crippen LogP contribution in [0, 0.1) is 15.9 Å². The molecule has 0 unspecified atom stereocenters. The number of rotatable bonds is 3. The Bertz CT molecular complexity index is 499. The van der Waals surface area contributed by atoms with Crippen LogP contribution in [0.15, 0.2) is 18.2 Å². The van der Waals surface area contributed by atoms with Crippen molar-refractivity contribution in [2.75, 3.05) is 0 Å². The minimum atomic E-state index is -0.671. The molecule has 102 valence electrons. The molecule has 0 bridgehead atoms. The van der Waals surface area contributed by atoms with Gasteiger partial charge in [0.15, 0.2) is 0 Å². The highest BCUT2D eigenvalue weighted by atomic mass is 19.1. The average molecular weight is 266 g/mol. The molecular formula is C13H15FN2O3. The second-order valence-corrected chi connectivity index (χ2v) is 4.73. The standard InChI is InChI=1S/C13H15FN2O3/c14-9-6-7-12(16(18)19)11(8-9)13(17)15-10-4-2-1-3-5-10/h6-8,10H,1-5H2,(H,15,17).